The number of nitrogens with zero attached hydrogens (tertiary/aromatic N) is 3. The molecule has 0 saturated carbocycles. The molecule has 16 heavy (non-hydrogen) atoms. The molecule has 1 N–H and O–H groups in total. The molecule has 0 unspecified atom stereocenters. The number of aromatic nitrogens is 4. The molecular weight excluding hydrogens is 220 g/mol. The van der Waals surface area contributed by atoms with Crippen LogP contribution in [0.3, 0.4) is 0 Å². The molecule has 3 rings (SSSR count). The Kier molecular flexibility index (Phi) is 2.04. The zero-order chi connectivity index (χ0) is 11.0. The summed E-state index contributed by atoms with van der Waals surface area (Å²) in [5.41, 5.74) is 1.78. The first-order valence-electron chi connectivity index (χ1n) is 4.83. The molecule has 0 saturated heterocycles. The maximum atomic E-state index is 5.12. The molecular formula is C11H8N4S. The minimum atomic E-state index is 0.562. The first kappa shape index (κ1) is 9.23. The van der Waals surface area contributed by atoms with E-state index in [2.05, 4.69) is 15.3 Å². The highest BCUT2D eigenvalue weighted by atomic mass is 32.1. The molecule has 0 amide bonds. The fourth-order valence-corrected chi connectivity index (χ4v) is 1.80. The number of H-pyrrole nitrogens is 1. The molecule has 1 aromatic carbocycles. The van der Waals surface area contributed by atoms with Gasteiger partial charge in [-0.15, -0.1) is 0 Å². The number of hydrogen-bond donors (Lipinski definition) is 1. The summed E-state index contributed by atoms with van der Waals surface area (Å²) in [6.07, 6.45) is 3.64. The van der Waals surface area contributed by atoms with Crippen LogP contribution in [0.15, 0.2) is 42.7 Å². The summed E-state index contributed by atoms with van der Waals surface area (Å²) in [5, 5.41) is 12.0. The average molecular weight is 228 g/mol. The van der Waals surface area contributed by atoms with E-state index in [-0.39, 0.29) is 0 Å². The van der Waals surface area contributed by atoms with Gasteiger partial charge in [-0.25, -0.2) is 4.68 Å². The lowest BCUT2D eigenvalue weighted by Gasteiger charge is -1.98. The molecule has 0 aliphatic carbocycles. The van der Waals surface area contributed by atoms with Crippen molar-refractivity contribution in [2.75, 3.05) is 0 Å². The Balaban J connectivity index is 2.28. The third-order valence-electron chi connectivity index (χ3n) is 2.35. The lowest BCUT2D eigenvalue weighted by atomic mass is 10.3. The Morgan fingerprint density at radius 1 is 1.19 bits per heavy atom. The summed E-state index contributed by atoms with van der Waals surface area (Å²) in [7, 11) is 0. The van der Waals surface area contributed by atoms with Gasteiger partial charge < -0.3 is 0 Å². The van der Waals surface area contributed by atoms with Crippen LogP contribution in [-0.2, 0) is 0 Å². The van der Waals surface area contributed by atoms with Crippen molar-refractivity contribution in [1.82, 2.24) is 20.0 Å². The number of nitrogens with one attached hydrogen (secondary N) is 1. The Hall–Kier alpha value is -2.01. The van der Waals surface area contributed by atoms with E-state index >= 15 is 0 Å². The van der Waals surface area contributed by atoms with Gasteiger partial charge in [-0.2, -0.15) is 10.2 Å². The van der Waals surface area contributed by atoms with E-state index in [1.54, 1.807) is 10.9 Å². The van der Waals surface area contributed by atoms with Crippen molar-refractivity contribution in [3.05, 3.63) is 47.4 Å². The van der Waals surface area contributed by atoms with Gasteiger partial charge in [-0.1, -0.05) is 30.4 Å². The number of benzene rings is 1. The fourth-order valence-electron chi connectivity index (χ4n) is 1.58. The van der Waals surface area contributed by atoms with Crippen molar-refractivity contribution < 1.29 is 0 Å². The number of para-hydroxylation sites is 1. The predicted molar refractivity (Wildman–Crippen MR) is 64.0 cm³/mol. The molecule has 4 nitrogen and oxygen atoms in total. The molecule has 0 fully saturated rings. The van der Waals surface area contributed by atoms with Gasteiger partial charge in [0.05, 0.1) is 11.9 Å². The Morgan fingerprint density at radius 2 is 2.00 bits per heavy atom. The van der Waals surface area contributed by atoms with Crippen LogP contribution in [0.4, 0.5) is 0 Å². The van der Waals surface area contributed by atoms with Crippen LogP contribution in [0.25, 0.3) is 16.6 Å². The molecule has 5 heteroatoms. The van der Waals surface area contributed by atoms with Crippen LogP contribution in [-0.4, -0.2) is 20.0 Å². The zero-order valence-corrected chi connectivity index (χ0v) is 9.11. The lowest BCUT2D eigenvalue weighted by molar-refractivity contribution is 0.893. The minimum Gasteiger partial charge on any atom is -0.266 e. The van der Waals surface area contributed by atoms with Gasteiger partial charge in [0.1, 0.15) is 10.2 Å². The van der Waals surface area contributed by atoms with Crippen LogP contribution in [0.2, 0.25) is 0 Å². The van der Waals surface area contributed by atoms with E-state index in [0.717, 1.165) is 16.6 Å². The van der Waals surface area contributed by atoms with Crippen molar-refractivity contribution >= 4 is 23.1 Å². The van der Waals surface area contributed by atoms with Crippen molar-refractivity contribution in [2.45, 2.75) is 0 Å². The summed E-state index contributed by atoms with van der Waals surface area (Å²) in [5.74, 6) is 0. The van der Waals surface area contributed by atoms with Gasteiger partial charge >= 0.3 is 0 Å². The lowest BCUT2D eigenvalue weighted by Crippen LogP contribution is -1.92. The van der Waals surface area contributed by atoms with E-state index in [0.29, 0.717) is 4.64 Å². The third kappa shape index (κ3) is 1.42. The molecule has 0 atom stereocenters. The Morgan fingerprint density at radius 3 is 2.75 bits per heavy atom. The van der Waals surface area contributed by atoms with E-state index in [4.69, 9.17) is 12.2 Å². The minimum absolute atomic E-state index is 0.562. The van der Waals surface area contributed by atoms with Gasteiger partial charge in [0.25, 0.3) is 0 Å². The topological polar surface area (TPSA) is 46.5 Å². The highest BCUT2D eigenvalue weighted by molar-refractivity contribution is 7.71. The average Bonchev–Trinajstić information content (AvgIpc) is 2.76. The molecule has 0 aliphatic heterocycles. The number of aromatic amines is 1. The quantitative estimate of drug-likeness (QED) is 0.651. The second kappa shape index (κ2) is 3.53. The maximum Gasteiger partial charge on any atom is 0.148 e. The van der Waals surface area contributed by atoms with E-state index < -0.39 is 0 Å². The summed E-state index contributed by atoms with van der Waals surface area (Å²) >= 11 is 5.12. The van der Waals surface area contributed by atoms with Crippen LogP contribution < -0.4 is 0 Å². The predicted octanol–water partition coefficient (Wildman–Crippen LogP) is 2.48. The number of hydrogen-bond acceptors (Lipinski definition) is 3. The third-order valence-corrected chi connectivity index (χ3v) is 2.63. The molecule has 3 aromatic rings. The van der Waals surface area contributed by atoms with Gasteiger partial charge in [0.2, 0.25) is 0 Å². The summed E-state index contributed by atoms with van der Waals surface area (Å²) in [4.78, 5) is 0. The highest BCUT2D eigenvalue weighted by Crippen LogP contribution is 2.14. The molecule has 0 spiro atoms. The molecule has 78 valence electrons. The van der Waals surface area contributed by atoms with Gasteiger partial charge in [0.15, 0.2) is 0 Å². The maximum absolute atomic E-state index is 5.12. The second-order valence-corrected chi connectivity index (χ2v) is 3.82. The first-order chi connectivity index (χ1) is 7.84. The van der Waals surface area contributed by atoms with E-state index in [1.165, 1.54) is 0 Å². The van der Waals surface area contributed by atoms with E-state index in [9.17, 15) is 0 Å². The molecule has 0 aliphatic rings. The molecule has 0 bridgehead atoms. The molecule has 0 radical (unpaired) electrons. The van der Waals surface area contributed by atoms with Crippen LogP contribution in [0.5, 0.6) is 0 Å². The normalized spacial score (nSPS) is 10.8. The summed E-state index contributed by atoms with van der Waals surface area (Å²) < 4.78 is 2.36. The van der Waals surface area contributed by atoms with Gasteiger partial charge in [0, 0.05) is 11.6 Å². The van der Waals surface area contributed by atoms with Crippen LogP contribution in [0.1, 0.15) is 0 Å². The summed E-state index contributed by atoms with van der Waals surface area (Å²) in [6, 6.07) is 9.90. The first-order valence-corrected chi connectivity index (χ1v) is 5.24. The standard InChI is InChI=1S/C11H8N4S/c16-11-10-8(6-12-13-11)7-15(14-10)9-4-2-1-3-5-9/h1-7H,(H,13,16). The Bertz CT molecular complexity index is 684. The Labute approximate surface area is 96.5 Å². The molecule has 2 heterocycles. The van der Waals surface area contributed by atoms with E-state index in [1.807, 2.05) is 36.5 Å². The molecule has 2 aromatic heterocycles. The van der Waals surface area contributed by atoms with Crippen molar-refractivity contribution in [1.29, 1.82) is 0 Å². The van der Waals surface area contributed by atoms with Crippen molar-refractivity contribution in [3.63, 3.8) is 0 Å². The number of rotatable bonds is 1. The smallest absolute Gasteiger partial charge is 0.148 e. The number of fused-ring (bicyclic) bond motifs is 1. The van der Waals surface area contributed by atoms with Crippen LogP contribution >= 0.6 is 12.2 Å². The van der Waals surface area contributed by atoms with Crippen molar-refractivity contribution in [3.8, 4) is 5.69 Å². The van der Waals surface area contributed by atoms with Crippen LogP contribution in [0, 0.1) is 4.64 Å². The summed E-state index contributed by atoms with van der Waals surface area (Å²) in [6.45, 7) is 0. The second-order valence-electron chi connectivity index (χ2n) is 3.41. The highest BCUT2D eigenvalue weighted by Gasteiger charge is 2.03. The zero-order valence-electron chi connectivity index (χ0n) is 8.29. The van der Waals surface area contributed by atoms with Gasteiger partial charge in [-0.05, 0) is 12.1 Å². The SMILES string of the molecule is S=c1[nH]ncc2cn(-c3ccccc3)nc12. The monoisotopic (exact) mass is 228 g/mol. The van der Waals surface area contributed by atoms with Crippen molar-refractivity contribution in [2.24, 2.45) is 0 Å². The fraction of sp³-hybridized carbons (Fsp3) is 0. The largest absolute Gasteiger partial charge is 0.266 e. The van der Waals surface area contributed by atoms with Gasteiger partial charge in [-0.3, -0.25) is 5.10 Å².